The van der Waals surface area contributed by atoms with Crippen molar-refractivity contribution in [2.24, 2.45) is 0 Å². The second kappa shape index (κ2) is 7.46. The molecule has 8 heteroatoms. The highest BCUT2D eigenvalue weighted by Crippen LogP contribution is 2.25. The van der Waals surface area contributed by atoms with Crippen LogP contribution in [0.4, 0.5) is 5.69 Å². The van der Waals surface area contributed by atoms with Crippen LogP contribution in [0.3, 0.4) is 0 Å². The molecular formula is C17H12Cl2N4O2. The van der Waals surface area contributed by atoms with Gasteiger partial charge in [-0.1, -0.05) is 53.5 Å². The van der Waals surface area contributed by atoms with E-state index in [9.17, 15) is 9.59 Å². The van der Waals surface area contributed by atoms with Crippen molar-refractivity contribution in [3.8, 4) is 11.3 Å². The standard InChI is InChI=1S/C17H12Cl2N4O2/c18-12-6-7-14(13(19)8-12)21-16(24)10-23-17(25)22-15(9-20-23)11-4-2-1-3-5-11/h1-9H,10H2,(H,21,24). The first-order chi connectivity index (χ1) is 12.0. The van der Waals surface area contributed by atoms with E-state index in [1.807, 2.05) is 30.3 Å². The van der Waals surface area contributed by atoms with Gasteiger partial charge in [0.2, 0.25) is 5.91 Å². The van der Waals surface area contributed by atoms with Gasteiger partial charge in [-0.2, -0.15) is 10.1 Å². The minimum Gasteiger partial charge on any atom is -0.323 e. The van der Waals surface area contributed by atoms with E-state index in [1.54, 1.807) is 12.1 Å². The van der Waals surface area contributed by atoms with Gasteiger partial charge < -0.3 is 5.32 Å². The normalized spacial score (nSPS) is 10.5. The lowest BCUT2D eigenvalue weighted by Crippen LogP contribution is -2.31. The van der Waals surface area contributed by atoms with Crippen LogP contribution in [0.1, 0.15) is 0 Å². The number of benzene rings is 2. The first kappa shape index (κ1) is 17.1. The molecule has 0 spiro atoms. The molecule has 1 heterocycles. The first-order valence-electron chi connectivity index (χ1n) is 7.27. The number of anilines is 1. The second-order valence-corrected chi connectivity index (χ2v) is 5.96. The third-order valence-electron chi connectivity index (χ3n) is 3.32. The summed E-state index contributed by atoms with van der Waals surface area (Å²) in [5.74, 6) is -0.451. The van der Waals surface area contributed by atoms with E-state index in [1.165, 1.54) is 12.3 Å². The van der Waals surface area contributed by atoms with Crippen LogP contribution in [0.25, 0.3) is 11.3 Å². The molecule has 3 rings (SSSR count). The van der Waals surface area contributed by atoms with Gasteiger partial charge >= 0.3 is 5.69 Å². The third kappa shape index (κ3) is 4.23. The molecule has 1 N–H and O–H groups in total. The van der Waals surface area contributed by atoms with Crippen molar-refractivity contribution in [1.82, 2.24) is 14.8 Å². The highest BCUT2D eigenvalue weighted by atomic mass is 35.5. The Morgan fingerprint density at radius 3 is 2.56 bits per heavy atom. The summed E-state index contributed by atoms with van der Waals surface area (Å²) < 4.78 is 0.978. The number of carbonyl (C=O) groups excluding carboxylic acids is 1. The number of rotatable bonds is 4. The minimum absolute atomic E-state index is 0.278. The lowest BCUT2D eigenvalue weighted by atomic mass is 10.2. The summed E-state index contributed by atoms with van der Waals surface area (Å²) in [6.45, 7) is -0.278. The molecule has 0 atom stereocenters. The summed E-state index contributed by atoms with van der Waals surface area (Å²) in [6.07, 6.45) is 1.44. The van der Waals surface area contributed by atoms with Crippen LogP contribution in [-0.2, 0) is 11.3 Å². The molecule has 0 aliphatic carbocycles. The molecule has 25 heavy (non-hydrogen) atoms. The van der Waals surface area contributed by atoms with E-state index in [0.29, 0.717) is 21.4 Å². The maximum absolute atomic E-state index is 12.1. The van der Waals surface area contributed by atoms with Gasteiger partial charge in [-0.25, -0.2) is 9.48 Å². The molecule has 2 aromatic carbocycles. The van der Waals surface area contributed by atoms with E-state index in [4.69, 9.17) is 23.2 Å². The molecule has 1 aromatic heterocycles. The summed E-state index contributed by atoms with van der Waals surface area (Å²) in [5.41, 5.74) is 1.01. The Kier molecular flexibility index (Phi) is 5.11. The maximum Gasteiger partial charge on any atom is 0.365 e. The van der Waals surface area contributed by atoms with E-state index in [2.05, 4.69) is 15.4 Å². The maximum atomic E-state index is 12.1. The molecule has 6 nitrogen and oxygen atoms in total. The molecule has 0 aliphatic heterocycles. The van der Waals surface area contributed by atoms with Gasteiger partial charge in [-0.05, 0) is 18.2 Å². The molecule has 0 saturated carbocycles. The number of hydrogen-bond donors (Lipinski definition) is 1. The zero-order valence-electron chi connectivity index (χ0n) is 12.8. The largest absolute Gasteiger partial charge is 0.365 e. The summed E-state index contributed by atoms with van der Waals surface area (Å²) in [6, 6.07) is 13.9. The van der Waals surface area contributed by atoms with E-state index < -0.39 is 11.6 Å². The summed E-state index contributed by atoms with van der Waals surface area (Å²) >= 11 is 11.8. The topological polar surface area (TPSA) is 76.9 Å². The number of hydrogen-bond acceptors (Lipinski definition) is 4. The Hall–Kier alpha value is -2.70. The average molecular weight is 375 g/mol. The van der Waals surface area contributed by atoms with Gasteiger partial charge in [0.05, 0.1) is 22.6 Å². The summed E-state index contributed by atoms with van der Waals surface area (Å²) in [7, 11) is 0. The molecular weight excluding hydrogens is 363 g/mol. The van der Waals surface area contributed by atoms with Gasteiger partial charge in [0.1, 0.15) is 6.54 Å². The van der Waals surface area contributed by atoms with E-state index in [0.717, 1.165) is 10.2 Å². The van der Waals surface area contributed by atoms with Crippen LogP contribution in [0.2, 0.25) is 10.0 Å². The highest BCUT2D eigenvalue weighted by molar-refractivity contribution is 6.36. The van der Waals surface area contributed by atoms with Crippen molar-refractivity contribution in [3.05, 3.63) is 75.3 Å². The number of halogens is 2. The lowest BCUT2D eigenvalue weighted by molar-refractivity contribution is -0.117. The quantitative estimate of drug-likeness (QED) is 0.760. The van der Waals surface area contributed by atoms with E-state index in [-0.39, 0.29) is 6.54 Å². The van der Waals surface area contributed by atoms with Crippen LogP contribution in [0.15, 0.2) is 59.5 Å². The van der Waals surface area contributed by atoms with Crippen molar-refractivity contribution in [1.29, 1.82) is 0 Å². The Morgan fingerprint density at radius 2 is 1.88 bits per heavy atom. The summed E-state index contributed by atoms with van der Waals surface area (Å²) in [4.78, 5) is 28.1. The second-order valence-electron chi connectivity index (χ2n) is 5.12. The van der Waals surface area contributed by atoms with Crippen molar-refractivity contribution < 1.29 is 4.79 Å². The van der Waals surface area contributed by atoms with Gasteiger partial charge in [0.25, 0.3) is 0 Å². The van der Waals surface area contributed by atoms with Crippen LogP contribution >= 0.6 is 23.2 Å². The van der Waals surface area contributed by atoms with Crippen molar-refractivity contribution >= 4 is 34.8 Å². The van der Waals surface area contributed by atoms with Crippen LogP contribution < -0.4 is 11.0 Å². The number of amides is 1. The van der Waals surface area contributed by atoms with Crippen LogP contribution in [-0.4, -0.2) is 20.7 Å². The molecule has 3 aromatic rings. The van der Waals surface area contributed by atoms with Crippen molar-refractivity contribution in [2.75, 3.05) is 5.32 Å². The Balaban J connectivity index is 1.74. The fourth-order valence-corrected chi connectivity index (χ4v) is 2.59. The average Bonchev–Trinajstić information content (AvgIpc) is 2.60. The first-order valence-corrected chi connectivity index (χ1v) is 8.03. The number of nitrogens with zero attached hydrogens (tertiary/aromatic N) is 3. The Bertz CT molecular complexity index is 974. The molecule has 0 fully saturated rings. The monoisotopic (exact) mass is 374 g/mol. The van der Waals surface area contributed by atoms with Crippen LogP contribution in [0.5, 0.6) is 0 Å². The van der Waals surface area contributed by atoms with Gasteiger partial charge in [-0.15, -0.1) is 0 Å². The zero-order chi connectivity index (χ0) is 17.8. The number of nitrogens with one attached hydrogen (secondary N) is 1. The fraction of sp³-hybridized carbons (Fsp3) is 0.0588. The molecule has 126 valence electrons. The van der Waals surface area contributed by atoms with Gasteiger partial charge in [-0.3, -0.25) is 4.79 Å². The van der Waals surface area contributed by atoms with Crippen molar-refractivity contribution in [3.63, 3.8) is 0 Å². The summed E-state index contributed by atoms with van der Waals surface area (Å²) in [5, 5.41) is 7.37. The molecule has 0 bridgehead atoms. The molecule has 0 unspecified atom stereocenters. The molecule has 0 radical (unpaired) electrons. The molecule has 0 saturated heterocycles. The van der Waals surface area contributed by atoms with Crippen LogP contribution in [0, 0.1) is 0 Å². The SMILES string of the molecule is O=C(Cn1ncc(-c2ccccc2)nc1=O)Nc1ccc(Cl)cc1Cl. The molecule has 0 aliphatic rings. The third-order valence-corrected chi connectivity index (χ3v) is 3.87. The Labute approximate surface area is 153 Å². The zero-order valence-corrected chi connectivity index (χ0v) is 14.3. The predicted molar refractivity (Wildman–Crippen MR) is 96.8 cm³/mol. The number of aromatic nitrogens is 3. The predicted octanol–water partition coefficient (Wildman–Crippen LogP) is 3.25. The Morgan fingerprint density at radius 1 is 1.12 bits per heavy atom. The minimum atomic E-state index is -0.612. The van der Waals surface area contributed by atoms with Crippen molar-refractivity contribution in [2.45, 2.75) is 6.54 Å². The van der Waals surface area contributed by atoms with E-state index >= 15 is 0 Å². The fourth-order valence-electron chi connectivity index (χ4n) is 2.14. The van der Waals surface area contributed by atoms with Gasteiger partial charge in [0.15, 0.2) is 0 Å². The van der Waals surface area contributed by atoms with Gasteiger partial charge in [0, 0.05) is 10.6 Å². The lowest BCUT2D eigenvalue weighted by Gasteiger charge is -2.08. The smallest absolute Gasteiger partial charge is 0.323 e. The number of carbonyl (C=O) groups is 1. The molecule has 1 amide bonds. The highest BCUT2D eigenvalue weighted by Gasteiger charge is 2.10.